The number of nitrogens with zero attached hydrogens (tertiary/aromatic N) is 2. The van der Waals surface area contributed by atoms with E-state index in [1.54, 1.807) is 42.2 Å². The van der Waals surface area contributed by atoms with Gasteiger partial charge in [-0.3, -0.25) is 9.48 Å². The summed E-state index contributed by atoms with van der Waals surface area (Å²) < 4.78 is 6.72. The fourth-order valence-corrected chi connectivity index (χ4v) is 1.51. The van der Waals surface area contributed by atoms with E-state index in [1.165, 1.54) is 7.11 Å². The van der Waals surface area contributed by atoms with Crippen LogP contribution in [-0.2, 0) is 7.05 Å². The number of amides is 1. The summed E-state index contributed by atoms with van der Waals surface area (Å²) in [5.41, 5.74) is 0.496. The minimum Gasteiger partial charge on any atom is -0.496 e. The molecule has 0 spiro atoms. The van der Waals surface area contributed by atoms with Crippen molar-refractivity contribution in [2.75, 3.05) is 12.4 Å². The SMILES string of the molecule is COc1ccccc1C(=O)Nc1ccnn1C. The van der Waals surface area contributed by atoms with Gasteiger partial charge in [0.25, 0.3) is 5.91 Å². The Morgan fingerprint density at radius 3 is 2.76 bits per heavy atom. The summed E-state index contributed by atoms with van der Waals surface area (Å²) in [4.78, 5) is 12.0. The summed E-state index contributed by atoms with van der Waals surface area (Å²) in [5.74, 6) is 0.971. The monoisotopic (exact) mass is 231 g/mol. The molecule has 1 heterocycles. The molecule has 5 nitrogen and oxygen atoms in total. The first-order valence-electron chi connectivity index (χ1n) is 5.14. The maximum Gasteiger partial charge on any atom is 0.260 e. The minimum absolute atomic E-state index is 0.217. The van der Waals surface area contributed by atoms with Crippen LogP contribution in [0.15, 0.2) is 36.5 Å². The van der Waals surface area contributed by atoms with Crippen molar-refractivity contribution >= 4 is 11.7 Å². The molecule has 5 heteroatoms. The number of hydrogen-bond donors (Lipinski definition) is 1. The van der Waals surface area contributed by atoms with Crippen LogP contribution in [0.25, 0.3) is 0 Å². The summed E-state index contributed by atoms with van der Waals surface area (Å²) in [5, 5.41) is 6.74. The maximum atomic E-state index is 12.0. The lowest BCUT2D eigenvalue weighted by molar-refractivity contribution is 0.102. The second-order valence-electron chi connectivity index (χ2n) is 3.49. The van der Waals surface area contributed by atoms with E-state index in [9.17, 15) is 4.79 Å². The fourth-order valence-electron chi connectivity index (χ4n) is 1.51. The van der Waals surface area contributed by atoms with Crippen molar-refractivity contribution in [3.8, 4) is 5.75 Å². The van der Waals surface area contributed by atoms with Gasteiger partial charge in [0.15, 0.2) is 0 Å². The van der Waals surface area contributed by atoms with Crippen molar-refractivity contribution in [1.29, 1.82) is 0 Å². The summed E-state index contributed by atoms with van der Waals surface area (Å²) >= 11 is 0. The van der Waals surface area contributed by atoms with Gasteiger partial charge in [-0.1, -0.05) is 12.1 Å². The van der Waals surface area contributed by atoms with Crippen LogP contribution in [0.2, 0.25) is 0 Å². The van der Waals surface area contributed by atoms with Gasteiger partial charge in [0, 0.05) is 13.1 Å². The number of aromatic nitrogens is 2. The molecule has 0 radical (unpaired) electrons. The number of aryl methyl sites for hydroxylation is 1. The molecular weight excluding hydrogens is 218 g/mol. The van der Waals surface area contributed by atoms with Crippen molar-refractivity contribution in [3.05, 3.63) is 42.1 Å². The van der Waals surface area contributed by atoms with Gasteiger partial charge in [-0.2, -0.15) is 5.10 Å². The molecule has 0 aliphatic heterocycles. The third-order valence-electron chi connectivity index (χ3n) is 2.41. The van der Waals surface area contributed by atoms with Crippen molar-refractivity contribution < 1.29 is 9.53 Å². The Morgan fingerprint density at radius 2 is 2.12 bits per heavy atom. The number of carbonyl (C=O) groups excluding carboxylic acids is 1. The lowest BCUT2D eigenvalue weighted by Crippen LogP contribution is -2.15. The van der Waals surface area contributed by atoms with Gasteiger partial charge in [0.1, 0.15) is 11.6 Å². The lowest BCUT2D eigenvalue weighted by atomic mass is 10.2. The van der Waals surface area contributed by atoms with E-state index in [-0.39, 0.29) is 5.91 Å². The number of para-hydroxylation sites is 1. The van der Waals surface area contributed by atoms with Gasteiger partial charge in [-0.25, -0.2) is 0 Å². The molecule has 88 valence electrons. The highest BCUT2D eigenvalue weighted by Crippen LogP contribution is 2.18. The lowest BCUT2D eigenvalue weighted by Gasteiger charge is -2.08. The van der Waals surface area contributed by atoms with Gasteiger partial charge in [0.2, 0.25) is 0 Å². The van der Waals surface area contributed by atoms with Crippen LogP contribution in [0.1, 0.15) is 10.4 Å². The van der Waals surface area contributed by atoms with Crippen LogP contribution in [0, 0.1) is 0 Å². The van der Waals surface area contributed by atoms with Crippen molar-refractivity contribution in [1.82, 2.24) is 9.78 Å². The number of methoxy groups -OCH3 is 1. The predicted molar refractivity (Wildman–Crippen MR) is 64.2 cm³/mol. The highest BCUT2D eigenvalue weighted by atomic mass is 16.5. The normalized spacial score (nSPS) is 10.0. The molecule has 1 amide bonds. The van der Waals surface area contributed by atoms with E-state index < -0.39 is 0 Å². The average Bonchev–Trinajstić information content (AvgIpc) is 2.75. The molecule has 0 saturated carbocycles. The summed E-state index contributed by atoms with van der Waals surface area (Å²) in [6.45, 7) is 0. The van der Waals surface area contributed by atoms with E-state index in [0.29, 0.717) is 17.1 Å². The number of rotatable bonds is 3. The number of ether oxygens (including phenoxy) is 1. The molecule has 0 saturated heterocycles. The molecule has 17 heavy (non-hydrogen) atoms. The van der Waals surface area contributed by atoms with Crippen molar-refractivity contribution in [2.24, 2.45) is 7.05 Å². The number of carbonyl (C=O) groups is 1. The van der Waals surface area contributed by atoms with Gasteiger partial charge < -0.3 is 10.1 Å². The molecule has 2 rings (SSSR count). The van der Waals surface area contributed by atoms with Gasteiger partial charge in [0.05, 0.1) is 18.9 Å². The van der Waals surface area contributed by atoms with Crippen LogP contribution < -0.4 is 10.1 Å². The number of benzene rings is 1. The van der Waals surface area contributed by atoms with Crippen molar-refractivity contribution in [3.63, 3.8) is 0 Å². The molecule has 0 atom stereocenters. The first-order chi connectivity index (χ1) is 8.22. The smallest absolute Gasteiger partial charge is 0.260 e. The van der Waals surface area contributed by atoms with Gasteiger partial charge in [-0.15, -0.1) is 0 Å². The zero-order valence-corrected chi connectivity index (χ0v) is 9.68. The van der Waals surface area contributed by atoms with Crippen LogP contribution in [0.4, 0.5) is 5.82 Å². The zero-order chi connectivity index (χ0) is 12.3. The third kappa shape index (κ3) is 2.28. The second-order valence-corrected chi connectivity index (χ2v) is 3.49. The Kier molecular flexibility index (Phi) is 3.09. The third-order valence-corrected chi connectivity index (χ3v) is 2.41. The largest absolute Gasteiger partial charge is 0.496 e. The summed E-state index contributed by atoms with van der Waals surface area (Å²) in [6, 6.07) is 8.80. The first-order valence-corrected chi connectivity index (χ1v) is 5.14. The predicted octanol–water partition coefficient (Wildman–Crippen LogP) is 1.68. The first kappa shape index (κ1) is 11.2. The van der Waals surface area contributed by atoms with E-state index in [1.807, 2.05) is 6.07 Å². The van der Waals surface area contributed by atoms with E-state index in [2.05, 4.69) is 10.4 Å². The summed E-state index contributed by atoms with van der Waals surface area (Å²) in [6.07, 6.45) is 1.62. The summed E-state index contributed by atoms with van der Waals surface area (Å²) in [7, 11) is 3.30. The Balaban J connectivity index is 2.23. The van der Waals surface area contributed by atoms with E-state index in [0.717, 1.165) is 0 Å². The topological polar surface area (TPSA) is 56.1 Å². The van der Waals surface area contributed by atoms with Gasteiger partial charge in [-0.05, 0) is 12.1 Å². The quantitative estimate of drug-likeness (QED) is 0.874. The number of nitrogens with one attached hydrogen (secondary N) is 1. The Hall–Kier alpha value is -2.30. The van der Waals surface area contributed by atoms with Crippen LogP contribution in [-0.4, -0.2) is 22.8 Å². The zero-order valence-electron chi connectivity index (χ0n) is 9.68. The molecular formula is C12H13N3O2. The molecule has 1 aromatic heterocycles. The highest BCUT2D eigenvalue weighted by molar-refractivity contribution is 6.05. The molecule has 1 N–H and O–H groups in total. The van der Waals surface area contributed by atoms with Crippen LogP contribution in [0.5, 0.6) is 5.75 Å². The van der Waals surface area contributed by atoms with Crippen molar-refractivity contribution in [2.45, 2.75) is 0 Å². The second kappa shape index (κ2) is 4.69. The molecule has 0 aliphatic carbocycles. The Labute approximate surface area is 99.0 Å². The molecule has 0 fully saturated rings. The number of anilines is 1. The van der Waals surface area contributed by atoms with Crippen LogP contribution in [0.3, 0.4) is 0 Å². The Bertz CT molecular complexity index is 534. The van der Waals surface area contributed by atoms with Gasteiger partial charge >= 0.3 is 0 Å². The molecule has 0 unspecified atom stereocenters. The molecule has 0 bridgehead atoms. The molecule has 1 aromatic carbocycles. The van der Waals surface area contributed by atoms with E-state index >= 15 is 0 Å². The Morgan fingerprint density at radius 1 is 1.35 bits per heavy atom. The number of hydrogen-bond acceptors (Lipinski definition) is 3. The highest BCUT2D eigenvalue weighted by Gasteiger charge is 2.12. The standard InChI is InChI=1S/C12H13N3O2/c1-15-11(7-8-13-15)14-12(16)9-5-3-4-6-10(9)17-2/h3-8H,1-2H3,(H,14,16). The van der Waals surface area contributed by atoms with Crippen LogP contribution >= 0.6 is 0 Å². The fraction of sp³-hybridized carbons (Fsp3) is 0.167. The molecule has 0 aliphatic rings. The molecule has 2 aromatic rings. The maximum absolute atomic E-state index is 12.0. The minimum atomic E-state index is -0.217. The average molecular weight is 231 g/mol. The van der Waals surface area contributed by atoms with E-state index in [4.69, 9.17) is 4.74 Å².